The molecule has 2 N–H and O–H groups in total. The highest BCUT2D eigenvalue weighted by molar-refractivity contribution is 9.10. The molecule has 0 spiro atoms. The normalized spacial score (nSPS) is 12.0. The summed E-state index contributed by atoms with van der Waals surface area (Å²) in [6.45, 7) is 10.7. The molecule has 0 bridgehead atoms. The number of aryl methyl sites for hydroxylation is 1. The van der Waals surface area contributed by atoms with E-state index < -0.39 is 11.9 Å². The highest BCUT2D eigenvalue weighted by Gasteiger charge is 2.24. The van der Waals surface area contributed by atoms with Crippen molar-refractivity contribution >= 4 is 34.0 Å². The Morgan fingerprint density at radius 1 is 1.12 bits per heavy atom. The molecule has 0 saturated carbocycles. The molecule has 7 nitrogen and oxygen atoms in total. The summed E-state index contributed by atoms with van der Waals surface area (Å²) in [6, 6.07) is 10.1. The number of nitrogens with one attached hydrogen (secondary N) is 2. The van der Waals surface area contributed by atoms with Crippen LogP contribution >= 0.6 is 15.9 Å². The van der Waals surface area contributed by atoms with Gasteiger partial charge in [0.05, 0.1) is 23.9 Å². The number of ether oxygens (including phenoxy) is 2. The second kappa shape index (κ2) is 13.0. The van der Waals surface area contributed by atoms with Gasteiger partial charge in [0.1, 0.15) is 6.04 Å². The van der Waals surface area contributed by atoms with E-state index in [9.17, 15) is 9.59 Å². The summed E-state index contributed by atoms with van der Waals surface area (Å²) in [6.07, 6.45) is 2.40. The van der Waals surface area contributed by atoms with Crippen molar-refractivity contribution in [1.82, 2.24) is 10.7 Å². The maximum atomic E-state index is 12.7. The molecule has 33 heavy (non-hydrogen) atoms. The molecule has 0 radical (unpaired) electrons. The number of halogens is 1. The van der Waals surface area contributed by atoms with Crippen molar-refractivity contribution in [1.29, 1.82) is 0 Å². The number of nitrogens with zero attached hydrogens (tertiary/aromatic N) is 1. The minimum Gasteiger partial charge on any atom is -0.490 e. The van der Waals surface area contributed by atoms with Crippen molar-refractivity contribution in [2.75, 3.05) is 13.2 Å². The lowest BCUT2D eigenvalue weighted by Crippen LogP contribution is -2.48. The quantitative estimate of drug-likeness (QED) is 0.329. The summed E-state index contributed by atoms with van der Waals surface area (Å²) in [5.41, 5.74) is 4.81. The molecule has 0 aliphatic rings. The van der Waals surface area contributed by atoms with Gasteiger partial charge in [-0.2, -0.15) is 5.10 Å². The van der Waals surface area contributed by atoms with Crippen molar-refractivity contribution < 1.29 is 19.1 Å². The molecule has 0 aromatic heterocycles. The Balaban J connectivity index is 2.09. The molecular weight excluding hydrogens is 486 g/mol. The van der Waals surface area contributed by atoms with Gasteiger partial charge in [-0.3, -0.25) is 9.59 Å². The van der Waals surface area contributed by atoms with Gasteiger partial charge in [0.15, 0.2) is 11.5 Å². The number of hydrogen-bond acceptors (Lipinski definition) is 5. The first kappa shape index (κ1) is 26.4. The smallest absolute Gasteiger partial charge is 0.262 e. The molecule has 0 saturated heterocycles. The Kier molecular flexibility index (Phi) is 10.4. The van der Waals surface area contributed by atoms with E-state index in [1.165, 1.54) is 6.21 Å². The van der Waals surface area contributed by atoms with Gasteiger partial charge in [-0.15, -0.1) is 0 Å². The predicted octanol–water partition coefficient (Wildman–Crippen LogP) is 4.85. The van der Waals surface area contributed by atoms with Gasteiger partial charge in [-0.1, -0.05) is 38.5 Å². The number of amides is 2. The molecule has 0 aliphatic carbocycles. The monoisotopic (exact) mass is 517 g/mol. The van der Waals surface area contributed by atoms with E-state index in [-0.39, 0.29) is 11.8 Å². The van der Waals surface area contributed by atoms with Crippen molar-refractivity contribution in [3.05, 3.63) is 57.6 Å². The SMILES string of the molecule is CCCOc1c(Br)cc(/C=N\NC(=O)C(NC(=O)c2ccc(C)cc2)C(C)C)cc1OCC. The second-order valence-corrected chi connectivity index (χ2v) is 8.76. The van der Waals surface area contributed by atoms with Crippen molar-refractivity contribution in [2.45, 2.75) is 47.1 Å². The molecule has 1 atom stereocenters. The van der Waals surface area contributed by atoms with E-state index in [2.05, 4.69) is 31.8 Å². The molecule has 0 heterocycles. The van der Waals surface area contributed by atoms with Crippen molar-refractivity contribution in [2.24, 2.45) is 11.0 Å². The minimum absolute atomic E-state index is 0.122. The van der Waals surface area contributed by atoms with Crippen LogP contribution in [0.5, 0.6) is 11.5 Å². The van der Waals surface area contributed by atoms with Crippen molar-refractivity contribution in [3.63, 3.8) is 0 Å². The van der Waals surface area contributed by atoms with Gasteiger partial charge in [-0.25, -0.2) is 5.43 Å². The number of carbonyl (C=O) groups is 2. The predicted molar refractivity (Wildman–Crippen MR) is 134 cm³/mol. The first-order valence-electron chi connectivity index (χ1n) is 11.1. The fourth-order valence-electron chi connectivity index (χ4n) is 2.97. The highest BCUT2D eigenvalue weighted by Crippen LogP contribution is 2.36. The Labute approximate surface area is 204 Å². The molecule has 2 aromatic carbocycles. The first-order chi connectivity index (χ1) is 15.8. The van der Waals surface area contributed by atoms with E-state index in [1.54, 1.807) is 18.2 Å². The van der Waals surface area contributed by atoms with E-state index >= 15 is 0 Å². The van der Waals surface area contributed by atoms with E-state index in [0.29, 0.717) is 30.3 Å². The Hall–Kier alpha value is -2.87. The summed E-state index contributed by atoms with van der Waals surface area (Å²) >= 11 is 3.51. The molecule has 2 rings (SSSR count). The van der Waals surface area contributed by atoms with Crippen LogP contribution in [0.25, 0.3) is 0 Å². The summed E-state index contributed by atoms with van der Waals surface area (Å²) in [5.74, 6) is 0.412. The summed E-state index contributed by atoms with van der Waals surface area (Å²) in [5, 5.41) is 6.87. The van der Waals surface area contributed by atoms with Crippen LogP contribution in [0, 0.1) is 12.8 Å². The fourth-order valence-corrected chi connectivity index (χ4v) is 3.55. The van der Waals surface area contributed by atoms with Gasteiger partial charge >= 0.3 is 0 Å². The Morgan fingerprint density at radius 2 is 1.82 bits per heavy atom. The summed E-state index contributed by atoms with van der Waals surface area (Å²) in [7, 11) is 0. The zero-order valence-electron chi connectivity index (χ0n) is 19.8. The summed E-state index contributed by atoms with van der Waals surface area (Å²) < 4.78 is 12.2. The Bertz CT molecular complexity index is 974. The van der Waals surface area contributed by atoms with Crippen LogP contribution in [0.3, 0.4) is 0 Å². The van der Waals surface area contributed by atoms with Crippen LogP contribution in [0.2, 0.25) is 0 Å². The fraction of sp³-hybridized carbons (Fsp3) is 0.400. The van der Waals surface area contributed by atoms with Crippen LogP contribution in [-0.2, 0) is 4.79 Å². The number of hydrazone groups is 1. The lowest BCUT2D eigenvalue weighted by Gasteiger charge is -2.20. The summed E-state index contributed by atoms with van der Waals surface area (Å²) in [4.78, 5) is 25.3. The minimum atomic E-state index is -0.730. The lowest BCUT2D eigenvalue weighted by molar-refractivity contribution is -0.123. The second-order valence-electron chi connectivity index (χ2n) is 7.91. The average molecular weight is 518 g/mol. The average Bonchev–Trinajstić information content (AvgIpc) is 2.77. The van der Waals surface area contributed by atoms with Crippen LogP contribution in [0.1, 0.15) is 55.6 Å². The topological polar surface area (TPSA) is 89.0 Å². The van der Waals surface area contributed by atoms with Crippen molar-refractivity contribution in [3.8, 4) is 11.5 Å². The zero-order valence-corrected chi connectivity index (χ0v) is 21.4. The van der Waals surface area contributed by atoms with Crippen LogP contribution < -0.4 is 20.2 Å². The number of benzene rings is 2. The Morgan fingerprint density at radius 3 is 2.42 bits per heavy atom. The number of rotatable bonds is 11. The molecule has 8 heteroatoms. The van der Waals surface area contributed by atoms with Gasteiger partial charge in [0.25, 0.3) is 11.8 Å². The van der Waals surface area contributed by atoms with E-state index in [0.717, 1.165) is 22.0 Å². The molecule has 178 valence electrons. The number of carbonyl (C=O) groups excluding carboxylic acids is 2. The van der Waals surface area contributed by atoms with Crippen LogP contribution in [0.4, 0.5) is 0 Å². The van der Waals surface area contributed by atoms with Crippen LogP contribution in [-0.4, -0.2) is 37.3 Å². The number of hydrogen-bond donors (Lipinski definition) is 2. The zero-order chi connectivity index (χ0) is 24.4. The molecule has 2 aromatic rings. The maximum Gasteiger partial charge on any atom is 0.262 e. The van der Waals surface area contributed by atoms with Gasteiger partial charge in [0, 0.05) is 5.56 Å². The van der Waals surface area contributed by atoms with Gasteiger partial charge in [0.2, 0.25) is 0 Å². The maximum absolute atomic E-state index is 12.7. The third-order valence-electron chi connectivity index (χ3n) is 4.72. The largest absolute Gasteiger partial charge is 0.490 e. The first-order valence-corrected chi connectivity index (χ1v) is 11.9. The molecular formula is C25H32BrN3O4. The molecule has 1 unspecified atom stereocenters. The van der Waals surface area contributed by atoms with E-state index in [4.69, 9.17) is 9.47 Å². The standard InChI is InChI=1S/C25H32BrN3O4/c1-6-12-33-23-20(26)13-18(14-21(23)32-7-2)15-27-29-25(31)22(16(3)4)28-24(30)19-10-8-17(5)9-11-19/h8-11,13-16,22H,6-7,12H2,1-5H3,(H,28,30)(H,29,31)/b27-15-. The molecule has 2 amide bonds. The lowest BCUT2D eigenvalue weighted by atomic mass is 10.0. The van der Waals surface area contributed by atoms with Gasteiger partial charge < -0.3 is 14.8 Å². The molecule has 0 fully saturated rings. The highest BCUT2D eigenvalue weighted by atomic mass is 79.9. The van der Waals surface area contributed by atoms with Gasteiger partial charge in [-0.05, 0) is 71.9 Å². The molecule has 0 aliphatic heterocycles. The third kappa shape index (κ3) is 7.89. The van der Waals surface area contributed by atoms with Crippen LogP contribution in [0.15, 0.2) is 46.0 Å². The third-order valence-corrected chi connectivity index (χ3v) is 5.31. The van der Waals surface area contributed by atoms with E-state index in [1.807, 2.05) is 52.8 Å².